The van der Waals surface area contributed by atoms with Crippen molar-refractivity contribution >= 4 is 11.8 Å². The molecular formula is C13H16N2S. The summed E-state index contributed by atoms with van der Waals surface area (Å²) in [4.78, 5) is 4.31. The van der Waals surface area contributed by atoms with Crippen molar-refractivity contribution < 1.29 is 0 Å². The Labute approximate surface area is 101 Å². The molecule has 0 bridgehead atoms. The van der Waals surface area contributed by atoms with E-state index in [1.807, 2.05) is 12.4 Å². The zero-order valence-corrected chi connectivity index (χ0v) is 10.7. The Hall–Kier alpha value is -1.22. The molecule has 0 N–H and O–H groups in total. The molecule has 2 nitrogen and oxygen atoms in total. The summed E-state index contributed by atoms with van der Waals surface area (Å²) in [5.41, 5.74) is 4.02. The molecule has 1 heterocycles. The third-order valence-corrected chi connectivity index (χ3v) is 3.41. The van der Waals surface area contributed by atoms with Gasteiger partial charge in [0.2, 0.25) is 0 Å². The van der Waals surface area contributed by atoms with Gasteiger partial charge in [-0.1, -0.05) is 35.5 Å². The summed E-state index contributed by atoms with van der Waals surface area (Å²) in [6.45, 7) is 5.19. The third-order valence-electron chi connectivity index (χ3n) is 2.71. The van der Waals surface area contributed by atoms with Crippen LogP contribution < -0.4 is 0 Å². The third kappa shape index (κ3) is 2.30. The quantitative estimate of drug-likeness (QED) is 0.756. The zero-order chi connectivity index (χ0) is 11.5. The molecule has 2 aromatic rings. The van der Waals surface area contributed by atoms with Crippen LogP contribution in [0.2, 0.25) is 0 Å². The summed E-state index contributed by atoms with van der Waals surface area (Å²) in [5, 5.41) is 1.07. The topological polar surface area (TPSA) is 17.8 Å². The minimum Gasteiger partial charge on any atom is -0.322 e. The summed E-state index contributed by atoms with van der Waals surface area (Å²) < 4.78 is 2.19. The molecule has 0 saturated heterocycles. The highest BCUT2D eigenvalue weighted by atomic mass is 32.2. The first-order valence-corrected chi connectivity index (χ1v) is 6.54. The fraction of sp³-hybridized carbons (Fsp3) is 0.308. The minimum absolute atomic E-state index is 0.906. The summed E-state index contributed by atoms with van der Waals surface area (Å²) in [5.74, 6) is 0. The molecular weight excluding hydrogens is 216 g/mol. The van der Waals surface area contributed by atoms with Crippen LogP contribution in [0.25, 0.3) is 0 Å². The number of imidazole rings is 1. The SMILES string of the molecule is CSc1nccn1Cc1cc(C)ccc1C. The van der Waals surface area contributed by atoms with E-state index in [2.05, 4.69) is 47.9 Å². The van der Waals surface area contributed by atoms with Crippen molar-refractivity contribution in [2.24, 2.45) is 0 Å². The first-order valence-electron chi connectivity index (χ1n) is 5.32. The number of thioether (sulfide) groups is 1. The predicted octanol–water partition coefficient (Wildman–Crippen LogP) is 3.27. The number of nitrogens with zero attached hydrogens (tertiary/aromatic N) is 2. The largest absolute Gasteiger partial charge is 0.322 e. The minimum atomic E-state index is 0.906. The van der Waals surface area contributed by atoms with E-state index in [1.54, 1.807) is 11.8 Å². The fourth-order valence-electron chi connectivity index (χ4n) is 1.76. The van der Waals surface area contributed by atoms with Crippen molar-refractivity contribution in [1.82, 2.24) is 9.55 Å². The van der Waals surface area contributed by atoms with E-state index >= 15 is 0 Å². The number of hydrogen-bond acceptors (Lipinski definition) is 2. The predicted molar refractivity (Wildman–Crippen MR) is 69.0 cm³/mol. The lowest BCUT2D eigenvalue weighted by atomic mass is 10.1. The molecule has 0 radical (unpaired) electrons. The number of aromatic nitrogens is 2. The Morgan fingerprint density at radius 2 is 2.12 bits per heavy atom. The molecule has 0 aliphatic rings. The van der Waals surface area contributed by atoms with Crippen LogP contribution in [-0.2, 0) is 6.54 Å². The maximum absolute atomic E-state index is 4.31. The van der Waals surface area contributed by atoms with Gasteiger partial charge in [0.15, 0.2) is 5.16 Å². The number of hydrogen-bond donors (Lipinski definition) is 0. The molecule has 1 aromatic heterocycles. The Morgan fingerprint density at radius 1 is 1.31 bits per heavy atom. The standard InChI is InChI=1S/C13H16N2S/c1-10-4-5-11(2)12(8-10)9-15-7-6-14-13(15)16-3/h4-8H,9H2,1-3H3. The molecule has 0 amide bonds. The average molecular weight is 232 g/mol. The van der Waals surface area contributed by atoms with Crippen molar-refractivity contribution in [3.63, 3.8) is 0 Å². The summed E-state index contributed by atoms with van der Waals surface area (Å²) >= 11 is 1.68. The van der Waals surface area contributed by atoms with Crippen LogP contribution in [0.5, 0.6) is 0 Å². The van der Waals surface area contributed by atoms with Gasteiger partial charge in [-0.05, 0) is 31.2 Å². The summed E-state index contributed by atoms with van der Waals surface area (Å²) in [6.07, 6.45) is 5.95. The number of aryl methyl sites for hydroxylation is 2. The zero-order valence-electron chi connectivity index (χ0n) is 9.90. The maximum atomic E-state index is 4.31. The lowest BCUT2D eigenvalue weighted by Gasteiger charge is -2.09. The highest BCUT2D eigenvalue weighted by Crippen LogP contribution is 2.17. The van der Waals surface area contributed by atoms with Gasteiger partial charge in [-0.3, -0.25) is 0 Å². The van der Waals surface area contributed by atoms with Crippen LogP contribution in [0, 0.1) is 13.8 Å². The first-order chi connectivity index (χ1) is 7.70. The lowest BCUT2D eigenvalue weighted by Crippen LogP contribution is -2.02. The van der Waals surface area contributed by atoms with E-state index in [0.717, 1.165) is 11.7 Å². The van der Waals surface area contributed by atoms with Crippen molar-refractivity contribution in [2.75, 3.05) is 6.26 Å². The van der Waals surface area contributed by atoms with Gasteiger partial charge in [-0.25, -0.2) is 4.98 Å². The van der Waals surface area contributed by atoms with Gasteiger partial charge in [0.25, 0.3) is 0 Å². The maximum Gasteiger partial charge on any atom is 0.167 e. The molecule has 3 heteroatoms. The van der Waals surface area contributed by atoms with Gasteiger partial charge in [0.05, 0.1) is 0 Å². The van der Waals surface area contributed by atoms with Crippen LogP contribution in [0.4, 0.5) is 0 Å². The number of rotatable bonds is 3. The Bertz CT molecular complexity index is 488. The van der Waals surface area contributed by atoms with E-state index in [9.17, 15) is 0 Å². The summed E-state index contributed by atoms with van der Waals surface area (Å²) in [6, 6.07) is 6.59. The van der Waals surface area contributed by atoms with E-state index in [4.69, 9.17) is 0 Å². The van der Waals surface area contributed by atoms with E-state index in [-0.39, 0.29) is 0 Å². The highest BCUT2D eigenvalue weighted by Gasteiger charge is 2.04. The Morgan fingerprint density at radius 3 is 2.88 bits per heavy atom. The fourth-order valence-corrected chi connectivity index (χ4v) is 2.29. The second-order valence-electron chi connectivity index (χ2n) is 3.97. The molecule has 16 heavy (non-hydrogen) atoms. The normalized spacial score (nSPS) is 10.7. The Balaban J connectivity index is 2.30. The van der Waals surface area contributed by atoms with Gasteiger partial charge < -0.3 is 4.57 Å². The highest BCUT2D eigenvalue weighted by molar-refractivity contribution is 7.98. The van der Waals surface area contributed by atoms with Crippen molar-refractivity contribution in [3.8, 4) is 0 Å². The van der Waals surface area contributed by atoms with Crippen LogP contribution in [0.3, 0.4) is 0 Å². The molecule has 0 fully saturated rings. The lowest BCUT2D eigenvalue weighted by molar-refractivity contribution is 0.706. The second-order valence-corrected chi connectivity index (χ2v) is 4.75. The monoisotopic (exact) mass is 232 g/mol. The van der Waals surface area contributed by atoms with Gasteiger partial charge in [0, 0.05) is 18.9 Å². The second kappa shape index (κ2) is 4.74. The van der Waals surface area contributed by atoms with Gasteiger partial charge in [-0.2, -0.15) is 0 Å². The van der Waals surface area contributed by atoms with Crippen LogP contribution >= 0.6 is 11.8 Å². The molecule has 0 unspecified atom stereocenters. The molecule has 0 spiro atoms. The van der Waals surface area contributed by atoms with E-state index in [0.29, 0.717) is 0 Å². The molecule has 0 atom stereocenters. The van der Waals surface area contributed by atoms with Gasteiger partial charge in [0.1, 0.15) is 0 Å². The van der Waals surface area contributed by atoms with E-state index in [1.165, 1.54) is 16.7 Å². The van der Waals surface area contributed by atoms with Gasteiger partial charge in [-0.15, -0.1) is 0 Å². The van der Waals surface area contributed by atoms with Crippen LogP contribution in [0.1, 0.15) is 16.7 Å². The van der Waals surface area contributed by atoms with Crippen molar-refractivity contribution in [3.05, 3.63) is 47.3 Å². The average Bonchev–Trinajstić information content (AvgIpc) is 2.71. The molecule has 1 aromatic carbocycles. The molecule has 2 rings (SSSR count). The van der Waals surface area contributed by atoms with Crippen LogP contribution in [-0.4, -0.2) is 15.8 Å². The molecule has 0 saturated carbocycles. The molecule has 0 aliphatic carbocycles. The summed E-state index contributed by atoms with van der Waals surface area (Å²) in [7, 11) is 0. The number of benzene rings is 1. The Kier molecular flexibility index (Phi) is 3.34. The van der Waals surface area contributed by atoms with Crippen LogP contribution in [0.15, 0.2) is 35.7 Å². The van der Waals surface area contributed by atoms with Crippen molar-refractivity contribution in [2.45, 2.75) is 25.5 Å². The van der Waals surface area contributed by atoms with E-state index < -0.39 is 0 Å². The molecule has 0 aliphatic heterocycles. The van der Waals surface area contributed by atoms with Crippen molar-refractivity contribution in [1.29, 1.82) is 0 Å². The molecule has 84 valence electrons. The first kappa shape index (κ1) is 11.3. The van der Waals surface area contributed by atoms with Gasteiger partial charge >= 0.3 is 0 Å². The smallest absolute Gasteiger partial charge is 0.167 e.